The molecule has 0 aliphatic heterocycles. The number of hydrogen-bond donors (Lipinski definition) is 0. The Morgan fingerprint density at radius 1 is 1.29 bits per heavy atom. The molecule has 2 aromatic rings. The van der Waals surface area contributed by atoms with E-state index in [2.05, 4.69) is 21.0 Å². The summed E-state index contributed by atoms with van der Waals surface area (Å²) in [6.07, 6.45) is -5.61. The number of carbonyl (C=O) groups excluding carboxylic acids is 1. The average molecular weight is 365 g/mol. The van der Waals surface area contributed by atoms with Crippen molar-refractivity contribution in [2.24, 2.45) is 0 Å². The van der Waals surface area contributed by atoms with Gasteiger partial charge in [-0.15, -0.1) is 0 Å². The van der Waals surface area contributed by atoms with Crippen LogP contribution in [0, 0.1) is 0 Å². The van der Waals surface area contributed by atoms with Gasteiger partial charge in [0.25, 0.3) is 0 Å². The van der Waals surface area contributed by atoms with Crippen LogP contribution in [0.15, 0.2) is 22.7 Å². The second kappa shape index (κ2) is 5.01. The van der Waals surface area contributed by atoms with Crippen LogP contribution < -0.4 is 0 Å². The quantitative estimate of drug-likeness (QED) is 0.685. The number of ether oxygens (including phenoxy) is 1. The fourth-order valence-corrected chi connectivity index (χ4v) is 2.11. The molecule has 1 aromatic carbocycles. The average Bonchev–Trinajstić information content (AvgIpc) is 2.64. The third kappa shape index (κ3) is 3.37. The Hall–Kier alpha value is -1.57. The van der Waals surface area contributed by atoms with Crippen LogP contribution in [0.5, 0.6) is 0 Å². The van der Waals surface area contributed by atoms with Crippen molar-refractivity contribution in [2.75, 3.05) is 0 Å². The zero-order valence-electron chi connectivity index (χ0n) is 11.5. The van der Waals surface area contributed by atoms with E-state index in [0.717, 1.165) is 0 Å². The first-order valence-electron chi connectivity index (χ1n) is 5.98. The first-order chi connectivity index (χ1) is 9.49. The van der Waals surface area contributed by atoms with Crippen LogP contribution in [-0.4, -0.2) is 21.5 Å². The molecular formula is C13H12BrF3N2O2. The van der Waals surface area contributed by atoms with E-state index < -0.39 is 23.6 Å². The maximum Gasteiger partial charge on any atom is 0.435 e. The Bertz CT molecular complexity index is 702. The second-order valence-corrected chi connectivity index (χ2v) is 6.32. The van der Waals surface area contributed by atoms with Crippen LogP contribution in [0.25, 0.3) is 10.9 Å². The van der Waals surface area contributed by atoms with E-state index in [9.17, 15) is 18.0 Å². The molecule has 0 saturated carbocycles. The van der Waals surface area contributed by atoms with Crippen molar-refractivity contribution in [2.45, 2.75) is 32.5 Å². The lowest BCUT2D eigenvalue weighted by Gasteiger charge is -2.19. The van der Waals surface area contributed by atoms with E-state index >= 15 is 0 Å². The van der Waals surface area contributed by atoms with Gasteiger partial charge in [-0.2, -0.15) is 23.0 Å². The minimum absolute atomic E-state index is 0.0415. The Balaban J connectivity index is 2.63. The third-order valence-electron chi connectivity index (χ3n) is 2.48. The van der Waals surface area contributed by atoms with Gasteiger partial charge in [-0.3, -0.25) is 0 Å². The maximum atomic E-state index is 13.0. The molecule has 8 heteroatoms. The van der Waals surface area contributed by atoms with E-state index in [4.69, 9.17) is 4.74 Å². The van der Waals surface area contributed by atoms with Crippen molar-refractivity contribution in [1.29, 1.82) is 0 Å². The molecule has 0 aliphatic carbocycles. The highest BCUT2D eigenvalue weighted by molar-refractivity contribution is 9.10. The number of fused-ring (bicyclic) bond motifs is 1. The molecule has 0 atom stereocenters. The van der Waals surface area contributed by atoms with Crippen LogP contribution in [0.4, 0.5) is 18.0 Å². The van der Waals surface area contributed by atoms with Gasteiger partial charge in [0.15, 0.2) is 5.69 Å². The molecule has 0 spiro atoms. The number of rotatable bonds is 0. The summed E-state index contributed by atoms with van der Waals surface area (Å²) in [4.78, 5) is 12.0. The molecule has 0 radical (unpaired) electrons. The monoisotopic (exact) mass is 364 g/mol. The lowest BCUT2D eigenvalue weighted by molar-refractivity contribution is -0.140. The summed E-state index contributed by atoms with van der Waals surface area (Å²) in [5.74, 6) is 0. The normalized spacial score (nSPS) is 12.7. The molecule has 0 aliphatic rings. The van der Waals surface area contributed by atoms with Crippen LogP contribution in [0.2, 0.25) is 0 Å². The van der Waals surface area contributed by atoms with Gasteiger partial charge in [0, 0.05) is 9.86 Å². The standard InChI is InChI=1S/C13H12BrF3N2O2/c1-12(2,3)21-11(20)19-9-5-4-7(14)6-8(9)10(18-19)13(15,16)17/h4-6H,1-3H3. The highest BCUT2D eigenvalue weighted by Crippen LogP contribution is 2.35. The van der Waals surface area contributed by atoms with Gasteiger partial charge in [0.2, 0.25) is 0 Å². The molecule has 1 aromatic heterocycles. The number of benzene rings is 1. The van der Waals surface area contributed by atoms with Crippen molar-refractivity contribution in [3.8, 4) is 0 Å². The van der Waals surface area contributed by atoms with Crippen LogP contribution in [0.3, 0.4) is 0 Å². The van der Waals surface area contributed by atoms with Crippen molar-refractivity contribution < 1.29 is 22.7 Å². The molecule has 1 heterocycles. The van der Waals surface area contributed by atoms with Gasteiger partial charge < -0.3 is 4.74 Å². The van der Waals surface area contributed by atoms with E-state index in [1.807, 2.05) is 0 Å². The van der Waals surface area contributed by atoms with Crippen LogP contribution in [-0.2, 0) is 10.9 Å². The highest BCUT2D eigenvalue weighted by atomic mass is 79.9. The maximum absolute atomic E-state index is 13.0. The van der Waals surface area contributed by atoms with Crippen LogP contribution >= 0.6 is 15.9 Å². The minimum atomic E-state index is -4.66. The Labute approximate surface area is 127 Å². The first-order valence-corrected chi connectivity index (χ1v) is 6.77. The molecule has 114 valence electrons. The molecule has 0 saturated heterocycles. The van der Waals surface area contributed by atoms with Crippen molar-refractivity contribution in [3.63, 3.8) is 0 Å². The fourth-order valence-electron chi connectivity index (χ4n) is 1.74. The van der Waals surface area contributed by atoms with E-state index in [1.165, 1.54) is 18.2 Å². The largest absolute Gasteiger partial charge is 0.442 e. The first kappa shape index (κ1) is 15.8. The summed E-state index contributed by atoms with van der Waals surface area (Å²) >= 11 is 3.11. The summed E-state index contributed by atoms with van der Waals surface area (Å²) in [6.45, 7) is 4.87. The molecule has 0 N–H and O–H groups in total. The minimum Gasteiger partial charge on any atom is -0.442 e. The predicted molar refractivity (Wildman–Crippen MR) is 74.1 cm³/mol. The van der Waals surface area contributed by atoms with Crippen molar-refractivity contribution in [3.05, 3.63) is 28.4 Å². The van der Waals surface area contributed by atoms with Crippen molar-refractivity contribution in [1.82, 2.24) is 9.78 Å². The summed E-state index contributed by atoms with van der Waals surface area (Å²) in [6, 6.07) is 4.18. The van der Waals surface area contributed by atoms with Gasteiger partial charge in [-0.1, -0.05) is 15.9 Å². The van der Waals surface area contributed by atoms with E-state index in [0.29, 0.717) is 9.15 Å². The molecule has 21 heavy (non-hydrogen) atoms. The lowest BCUT2D eigenvalue weighted by Crippen LogP contribution is -2.28. The fraction of sp³-hybridized carbons (Fsp3) is 0.385. The molecule has 2 rings (SSSR count). The molecule has 0 bridgehead atoms. The van der Waals surface area contributed by atoms with Gasteiger partial charge in [-0.25, -0.2) is 4.79 Å². The number of nitrogens with zero attached hydrogens (tertiary/aromatic N) is 2. The van der Waals surface area contributed by atoms with Gasteiger partial charge >= 0.3 is 12.3 Å². The highest BCUT2D eigenvalue weighted by Gasteiger charge is 2.38. The number of alkyl halides is 3. The Morgan fingerprint density at radius 3 is 2.43 bits per heavy atom. The summed E-state index contributed by atoms with van der Waals surface area (Å²) in [5.41, 5.74) is -1.91. The second-order valence-electron chi connectivity index (χ2n) is 5.40. The topological polar surface area (TPSA) is 44.1 Å². The summed E-state index contributed by atoms with van der Waals surface area (Å²) in [5, 5.41) is 3.22. The van der Waals surface area contributed by atoms with Gasteiger partial charge in [0.05, 0.1) is 5.52 Å². The Morgan fingerprint density at radius 2 is 1.90 bits per heavy atom. The number of halogens is 4. The molecular weight excluding hydrogens is 353 g/mol. The molecule has 0 amide bonds. The van der Waals surface area contributed by atoms with Gasteiger partial charge in [0.1, 0.15) is 5.60 Å². The van der Waals surface area contributed by atoms with Gasteiger partial charge in [-0.05, 0) is 39.0 Å². The number of carbonyl (C=O) groups is 1. The van der Waals surface area contributed by atoms with Crippen LogP contribution in [0.1, 0.15) is 26.5 Å². The van der Waals surface area contributed by atoms with Crippen molar-refractivity contribution >= 4 is 32.9 Å². The Kier molecular flexibility index (Phi) is 3.77. The third-order valence-corrected chi connectivity index (χ3v) is 2.97. The predicted octanol–water partition coefficient (Wildman–Crippen LogP) is 4.60. The summed E-state index contributed by atoms with van der Waals surface area (Å²) < 4.78 is 45.2. The molecule has 0 fully saturated rings. The SMILES string of the molecule is CC(C)(C)OC(=O)n1nc(C(F)(F)F)c2cc(Br)ccc21. The van der Waals surface area contributed by atoms with E-state index in [1.54, 1.807) is 20.8 Å². The summed E-state index contributed by atoms with van der Waals surface area (Å²) in [7, 11) is 0. The number of hydrogen-bond acceptors (Lipinski definition) is 3. The molecule has 0 unspecified atom stereocenters. The smallest absolute Gasteiger partial charge is 0.435 e. The zero-order chi connectivity index (χ0) is 16.0. The number of aromatic nitrogens is 2. The molecule has 4 nitrogen and oxygen atoms in total. The van der Waals surface area contributed by atoms with E-state index in [-0.39, 0.29) is 10.9 Å². The zero-order valence-corrected chi connectivity index (χ0v) is 13.0. The lowest BCUT2D eigenvalue weighted by atomic mass is 10.2.